The van der Waals surface area contributed by atoms with Gasteiger partial charge >= 0.3 is 0 Å². The van der Waals surface area contributed by atoms with Crippen LogP contribution in [0.3, 0.4) is 0 Å². The summed E-state index contributed by atoms with van der Waals surface area (Å²) in [7, 11) is 6.82. The van der Waals surface area contributed by atoms with E-state index in [1.54, 1.807) is 21.3 Å². The lowest BCUT2D eigenvalue weighted by atomic mass is 10.1. The molecular weight excluding hydrogens is 404 g/mol. The third-order valence-corrected chi connectivity index (χ3v) is 6.35. The summed E-state index contributed by atoms with van der Waals surface area (Å²) >= 11 is 0. The first-order valence-corrected chi connectivity index (χ1v) is 11.2. The summed E-state index contributed by atoms with van der Waals surface area (Å²) < 4.78 is 16.4. The molecule has 1 N–H and O–H groups in total. The Morgan fingerprint density at radius 2 is 1.62 bits per heavy atom. The molecule has 2 aromatic rings. The minimum Gasteiger partial charge on any atom is -0.493 e. The highest BCUT2D eigenvalue weighted by atomic mass is 16.5. The number of aliphatic imine (C=N–C) groups is 1. The summed E-state index contributed by atoms with van der Waals surface area (Å²) in [6, 6.07) is 15.3. The molecule has 2 unspecified atom stereocenters. The van der Waals surface area contributed by atoms with Gasteiger partial charge in [-0.15, -0.1) is 0 Å². The average Bonchev–Trinajstić information content (AvgIpc) is 3.62. The first-order valence-electron chi connectivity index (χ1n) is 11.2. The molecular formula is C25H34N4O3. The van der Waals surface area contributed by atoms with Crippen LogP contribution in [0.15, 0.2) is 47.5 Å². The Balaban J connectivity index is 1.31. The van der Waals surface area contributed by atoms with Gasteiger partial charge in [0, 0.05) is 51.7 Å². The molecule has 0 amide bonds. The van der Waals surface area contributed by atoms with Crippen molar-refractivity contribution in [1.29, 1.82) is 0 Å². The lowest BCUT2D eigenvalue weighted by molar-refractivity contribution is 0.172. The van der Waals surface area contributed by atoms with Crippen LogP contribution in [-0.2, 0) is 6.54 Å². The van der Waals surface area contributed by atoms with Crippen molar-refractivity contribution in [2.75, 3.05) is 54.6 Å². The van der Waals surface area contributed by atoms with Crippen molar-refractivity contribution >= 4 is 5.96 Å². The van der Waals surface area contributed by atoms with Crippen LogP contribution in [0.25, 0.3) is 0 Å². The number of rotatable bonds is 7. The number of hydrogen-bond donors (Lipinski definition) is 1. The van der Waals surface area contributed by atoms with Crippen molar-refractivity contribution < 1.29 is 14.2 Å². The summed E-state index contributed by atoms with van der Waals surface area (Å²) in [5.74, 6) is 3.63. The molecule has 2 aliphatic rings. The number of hydrogen-bond acceptors (Lipinski definition) is 5. The van der Waals surface area contributed by atoms with Gasteiger partial charge in [0.2, 0.25) is 5.75 Å². The average molecular weight is 439 g/mol. The largest absolute Gasteiger partial charge is 0.493 e. The van der Waals surface area contributed by atoms with Crippen LogP contribution in [-0.4, -0.2) is 76.4 Å². The van der Waals surface area contributed by atoms with Crippen molar-refractivity contribution in [3.63, 3.8) is 0 Å². The minimum absolute atomic E-state index is 0.480. The van der Waals surface area contributed by atoms with Crippen molar-refractivity contribution in [3.8, 4) is 17.2 Å². The van der Waals surface area contributed by atoms with Gasteiger partial charge in [-0.3, -0.25) is 9.89 Å². The summed E-state index contributed by atoms with van der Waals surface area (Å²) in [5.41, 5.74) is 2.56. The fraction of sp³-hybridized carbons (Fsp3) is 0.480. The molecule has 1 heterocycles. The molecule has 0 bridgehead atoms. The van der Waals surface area contributed by atoms with Gasteiger partial charge in [-0.25, -0.2) is 0 Å². The Labute approximate surface area is 191 Å². The molecule has 1 aliphatic carbocycles. The van der Waals surface area contributed by atoms with Crippen molar-refractivity contribution in [1.82, 2.24) is 15.1 Å². The van der Waals surface area contributed by atoms with Crippen molar-refractivity contribution in [2.45, 2.75) is 24.9 Å². The SMILES string of the molecule is CN=C(NC1CC1c1ccccc1)N1CCN(Cc2cc(OC)c(OC)c(OC)c2)CC1. The molecule has 7 nitrogen and oxygen atoms in total. The van der Waals surface area contributed by atoms with Gasteiger partial charge in [0.1, 0.15) is 0 Å². The maximum absolute atomic E-state index is 5.50. The van der Waals surface area contributed by atoms with Gasteiger partial charge < -0.3 is 24.4 Å². The van der Waals surface area contributed by atoms with E-state index in [4.69, 9.17) is 14.2 Å². The highest BCUT2D eigenvalue weighted by Gasteiger charge is 2.39. The Morgan fingerprint density at radius 3 is 2.19 bits per heavy atom. The van der Waals surface area contributed by atoms with Gasteiger partial charge in [-0.1, -0.05) is 30.3 Å². The van der Waals surface area contributed by atoms with Crippen molar-refractivity contribution in [2.24, 2.45) is 4.99 Å². The van der Waals surface area contributed by atoms with Gasteiger partial charge in [0.15, 0.2) is 17.5 Å². The lowest BCUT2D eigenvalue weighted by Crippen LogP contribution is -2.52. The quantitative estimate of drug-likeness (QED) is 0.530. The Kier molecular flexibility index (Phi) is 7.05. The minimum atomic E-state index is 0.480. The van der Waals surface area contributed by atoms with Gasteiger partial charge in [0.25, 0.3) is 0 Å². The standard InChI is InChI=1S/C25H34N4O3/c1-26-25(27-21-16-20(21)19-8-6-5-7-9-19)29-12-10-28(11-13-29)17-18-14-22(30-2)24(32-4)23(15-18)31-3/h5-9,14-15,20-21H,10-13,16-17H2,1-4H3,(H,26,27). The predicted molar refractivity (Wildman–Crippen MR) is 127 cm³/mol. The predicted octanol–water partition coefficient (Wildman–Crippen LogP) is 2.96. The number of nitrogens with one attached hydrogen (secondary N) is 1. The molecule has 1 saturated heterocycles. The van der Waals surface area contributed by atoms with Crippen LogP contribution in [0, 0.1) is 0 Å². The fourth-order valence-electron chi connectivity index (χ4n) is 4.49. The van der Waals surface area contributed by atoms with E-state index in [2.05, 4.69) is 50.4 Å². The first kappa shape index (κ1) is 22.3. The summed E-state index contributed by atoms with van der Waals surface area (Å²) in [4.78, 5) is 9.38. The number of methoxy groups -OCH3 is 3. The second kappa shape index (κ2) is 10.1. The topological polar surface area (TPSA) is 58.6 Å². The first-order chi connectivity index (χ1) is 15.7. The second-order valence-corrected chi connectivity index (χ2v) is 8.35. The third-order valence-electron chi connectivity index (χ3n) is 6.35. The van der Waals surface area contributed by atoms with Crippen LogP contribution >= 0.6 is 0 Å². The molecule has 172 valence electrons. The summed E-state index contributed by atoms with van der Waals surface area (Å²) in [6.07, 6.45) is 1.17. The molecule has 2 fully saturated rings. The molecule has 0 aromatic heterocycles. The third kappa shape index (κ3) is 4.93. The Bertz CT molecular complexity index is 901. The van der Waals surface area contributed by atoms with E-state index in [9.17, 15) is 0 Å². The van der Waals surface area contributed by atoms with Crippen molar-refractivity contribution in [3.05, 3.63) is 53.6 Å². The van der Waals surface area contributed by atoms with E-state index in [0.29, 0.717) is 29.2 Å². The molecule has 2 aromatic carbocycles. The van der Waals surface area contributed by atoms with Gasteiger partial charge in [0.05, 0.1) is 21.3 Å². The van der Waals surface area contributed by atoms with Crippen LogP contribution < -0.4 is 19.5 Å². The molecule has 0 spiro atoms. The highest BCUT2D eigenvalue weighted by molar-refractivity contribution is 5.81. The number of ether oxygens (including phenoxy) is 3. The molecule has 0 radical (unpaired) electrons. The summed E-state index contributed by atoms with van der Waals surface area (Å²) in [6.45, 7) is 4.70. The highest BCUT2D eigenvalue weighted by Crippen LogP contribution is 2.41. The molecule has 4 rings (SSSR count). The number of nitrogens with zero attached hydrogens (tertiary/aromatic N) is 3. The van der Waals surface area contributed by atoms with E-state index in [0.717, 1.165) is 44.2 Å². The van der Waals surface area contributed by atoms with Crippen LogP contribution in [0.5, 0.6) is 17.2 Å². The zero-order valence-corrected chi connectivity index (χ0v) is 19.5. The zero-order valence-electron chi connectivity index (χ0n) is 19.5. The molecule has 1 aliphatic heterocycles. The van der Waals surface area contributed by atoms with Crippen LogP contribution in [0.2, 0.25) is 0 Å². The molecule has 2 atom stereocenters. The van der Waals surface area contributed by atoms with Crippen LogP contribution in [0.4, 0.5) is 0 Å². The normalized spacial score (nSPS) is 21.2. The smallest absolute Gasteiger partial charge is 0.203 e. The number of guanidine groups is 1. The van der Waals surface area contributed by atoms with Crippen LogP contribution in [0.1, 0.15) is 23.5 Å². The van der Waals surface area contributed by atoms with E-state index in [1.807, 2.05) is 19.2 Å². The summed E-state index contributed by atoms with van der Waals surface area (Å²) in [5, 5.41) is 3.68. The maximum atomic E-state index is 5.50. The zero-order chi connectivity index (χ0) is 22.5. The van der Waals surface area contributed by atoms with E-state index in [1.165, 1.54) is 12.0 Å². The lowest BCUT2D eigenvalue weighted by Gasteiger charge is -2.36. The van der Waals surface area contributed by atoms with Gasteiger partial charge in [-0.2, -0.15) is 0 Å². The van der Waals surface area contributed by atoms with E-state index >= 15 is 0 Å². The monoisotopic (exact) mass is 438 g/mol. The van der Waals surface area contributed by atoms with E-state index in [-0.39, 0.29) is 0 Å². The fourth-order valence-corrected chi connectivity index (χ4v) is 4.49. The van der Waals surface area contributed by atoms with Gasteiger partial charge in [-0.05, 0) is 29.7 Å². The Hall–Kier alpha value is -2.93. The number of benzene rings is 2. The van der Waals surface area contributed by atoms with E-state index < -0.39 is 0 Å². The number of piperazine rings is 1. The second-order valence-electron chi connectivity index (χ2n) is 8.35. The Morgan fingerprint density at radius 1 is 0.969 bits per heavy atom. The molecule has 1 saturated carbocycles. The molecule has 32 heavy (non-hydrogen) atoms. The maximum Gasteiger partial charge on any atom is 0.203 e. The molecule has 7 heteroatoms.